The lowest BCUT2D eigenvalue weighted by molar-refractivity contribution is -0.138. The molecule has 2 amide bonds. The van der Waals surface area contributed by atoms with Crippen LogP contribution in [0.5, 0.6) is 5.75 Å². The molecule has 2 rings (SSSR count). The Bertz CT molecular complexity index is 563. The Kier molecular flexibility index (Phi) is 6.64. The van der Waals surface area contributed by atoms with E-state index in [-0.39, 0.29) is 23.7 Å². The first-order valence-corrected chi connectivity index (χ1v) is 8.70. The molecule has 0 unspecified atom stereocenters. The summed E-state index contributed by atoms with van der Waals surface area (Å²) in [6, 6.07) is 7.89. The van der Waals surface area contributed by atoms with Crippen molar-refractivity contribution < 1.29 is 14.3 Å². The number of carbonyl (C=O) groups excluding carboxylic acids is 2. The summed E-state index contributed by atoms with van der Waals surface area (Å²) in [7, 11) is 1.65. The first kappa shape index (κ1) is 18.3. The first-order chi connectivity index (χ1) is 11.5. The minimum atomic E-state index is 0.0199. The standard InChI is InChI=1S/C19H28N2O3/c1-14(2)19(23)21-11-8-16(9-12-21)18(22)20-10-7-15-5-4-6-17(13-15)24-3/h4-6,13-14,16H,7-12H2,1-3H3,(H,20,22). The van der Waals surface area contributed by atoms with E-state index in [1.54, 1.807) is 7.11 Å². The van der Waals surface area contributed by atoms with Crippen molar-refractivity contribution in [3.8, 4) is 5.75 Å². The van der Waals surface area contributed by atoms with Gasteiger partial charge in [-0.05, 0) is 37.0 Å². The SMILES string of the molecule is COc1cccc(CCNC(=O)C2CCN(C(=O)C(C)C)CC2)c1. The molecule has 1 N–H and O–H groups in total. The zero-order valence-electron chi connectivity index (χ0n) is 14.9. The fraction of sp³-hybridized carbons (Fsp3) is 0.579. The molecule has 0 aliphatic carbocycles. The number of hydrogen-bond donors (Lipinski definition) is 1. The molecule has 1 fully saturated rings. The third-order valence-electron chi connectivity index (χ3n) is 4.52. The molecular formula is C19H28N2O3. The van der Waals surface area contributed by atoms with Gasteiger partial charge in [-0.2, -0.15) is 0 Å². The number of benzene rings is 1. The van der Waals surface area contributed by atoms with Gasteiger partial charge in [-0.1, -0.05) is 26.0 Å². The van der Waals surface area contributed by atoms with E-state index in [0.717, 1.165) is 30.6 Å². The third-order valence-corrected chi connectivity index (χ3v) is 4.52. The number of ether oxygens (including phenoxy) is 1. The molecule has 132 valence electrons. The summed E-state index contributed by atoms with van der Waals surface area (Å²) in [5, 5.41) is 3.02. The number of carbonyl (C=O) groups is 2. The average Bonchev–Trinajstić information content (AvgIpc) is 2.61. The Hall–Kier alpha value is -2.04. The Morgan fingerprint density at radius 2 is 2.00 bits per heavy atom. The van der Waals surface area contributed by atoms with E-state index >= 15 is 0 Å². The van der Waals surface area contributed by atoms with Gasteiger partial charge >= 0.3 is 0 Å². The van der Waals surface area contributed by atoms with Gasteiger partial charge in [0, 0.05) is 31.5 Å². The van der Waals surface area contributed by atoms with Gasteiger partial charge in [0.15, 0.2) is 0 Å². The van der Waals surface area contributed by atoms with Crippen molar-refractivity contribution >= 4 is 11.8 Å². The van der Waals surface area contributed by atoms with E-state index in [0.29, 0.717) is 19.6 Å². The molecule has 1 heterocycles. The molecule has 1 aromatic carbocycles. The molecule has 1 saturated heterocycles. The van der Waals surface area contributed by atoms with Gasteiger partial charge in [-0.15, -0.1) is 0 Å². The van der Waals surface area contributed by atoms with Crippen LogP contribution in [0.1, 0.15) is 32.3 Å². The van der Waals surface area contributed by atoms with Crippen LogP contribution in [-0.2, 0) is 16.0 Å². The van der Waals surface area contributed by atoms with Crippen LogP contribution in [0.25, 0.3) is 0 Å². The molecule has 0 bridgehead atoms. The highest BCUT2D eigenvalue weighted by molar-refractivity contribution is 5.80. The van der Waals surface area contributed by atoms with E-state index in [9.17, 15) is 9.59 Å². The lowest BCUT2D eigenvalue weighted by Gasteiger charge is -2.32. The summed E-state index contributed by atoms with van der Waals surface area (Å²) in [6.07, 6.45) is 2.29. The topological polar surface area (TPSA) is 58.6 Å². The van der Waals surface area contributed by atoms with Gasteiger partial charge in [0.25, 0.3) is 0 Å². The summed E-state index contributed by atoms with van der Waals surface area (Å²) >= 11 is 0. The Morgan fingerprint density at radius 1 is 1.29 bits per heavy atom. The highest BCUT2D eigenvalue weighted by atomic mass is 16.5. The Balaban J connectivity index is 1.73. The van der Waals surface area contributed by atoms with Crippen LogP contribution in [0.4, 0.5) is 0 Å². The second-order valence-corrected chi connectivity index (χ2v) is 6.65. The molecule has 1 aliphatic heterocycles. The highest BCUT2D eigenvalue weighted by Gasteiger charge is 2.27. The lowest BCUT2D eigenvalue weighted by Crippen LogP contribution is -2.44. The van der Waals surface area contributed by atoms with Crippen LogP contribution in [0.3, 0.4) is 0 Å². The van der Waals surface area contributed by atoms with Crippen LogP contribution >= 0.6 is 0 Å². The molecule has 5 nitrogen and oxygen atoms in total. The number of rotatable bonds is 6. The van der Waals surface area contributed by atoms with Crippen LogP contribution in [-0.4, -0.2) is 43.5 Å². The summed E-state index contributed by atoms with van der Waals surface area (Å²) in [5.41, 5.74) is 1.15. The van der Waals surface area contributed by atoms with Crippen molar-refractivity contribution in [1.29, 1.82) is 0 Å². The van der Waals surface area contributed by atoms with E-state index in [1.807, 2.05) is 43.0 Å². The second-order valence-electron chi connectivity index (χ2n) is 6.65. The molecule has 5 heteroatoms. The smallest absolute Gasteiger partial charge is 0.225 e. The maximum Gasteiger partial charge on any atom is 0.225 e. The van der Waals surface area contributed by atoms with Crippen LogP contribution < -0.4 is 10.1 Å². The fourth-order valence-electron chi connectivity index (χ4n) is 3.03. The summed E-state index contributed by atoms with van der Waals surface area (Å²) < 4.78 is 5.20. The predicted molar refractivity (Wildman–Crippen MR) is 93.8 cm³/mol. The summed E-state index contributed by atoms with van der Waals surface area (Å²) in [5.74, 6) is 1.17. The van der Waals surface area contributed by atoms with E-state index in [1.165, 1.54) is 0 Å². The number of nitrogens with zero attached hydrogens (tertiary/aromatic N) is 1. The molecule has 1 aliphatic rings. The monoisotopic (exact) mass is 332 g/mol. The largest absolute Gasteiger partial charge is 0.497 e. The highest BCUT2D eigenvalue weighted by Crippen LogP contribution is 2.19. The maximum absolute atomic E-state index is 12.3. The van der Waals surface area contributed by atoms with Gasteiger partial charge in [0.2, 0.25) is 11.8 Å². The molecular weight excluding hydrogens is 304 g/mol. The van der Waals surface area contributed by atoms with Crippen molar-refractivity contribution in [3.63, 3.8) is 0 Å². The summed E-state index contributed by atoms with van der Waals surface area (Å²) in [6.45, 7) is 5.83. The first-order valence-electron chi connectivity index (χ1n) is 8.70. The minimum absolute atomic E-state index is 0.0199. The second kappa shape index (κ2) is 8.71. The fourth-order valence-corrected chi connectivity index (χ4v) is 3.03. The molecule has 1 aromatic rings. The van der Waals surface area contributed by atoms with Crippen LogP contribution in [0, 0.1) is 11.8 Å². The van der Waals surface area contributed by atoms with Crippen molar-refractivity contribution in [3.05, 3.63) is 29.8 Å². The number of amides is 2. The van der Waals surface area contributed by atoms with E-state index in [2.05, 4.69) is 5.32 Å². The number of hydrogen-bond acceptors (Lipinski definition) is 3. The number of piperidine rings is 1. The number of likely N-dealkylation sites (tertiary alicyclic amines) is 1. The van der Waals surface area contributed by atoms with Crippen molar-refractivity contribution in [2.75, 3.05) is 26.7 Å². The maximum atomic E-state index is 12.3. The third kappa shape index (κ3) is 4.98. The number of nitrogens with one attached hydrogen (secondary N) is 1. The Labute approximate surface area is 144 Å². The predicted octanol–water partition coefficient (Wildman–Crippen LogP) is 2.25. The molecule has 24 heavy (non-hydrogen) atoms. The van der Waals surface area contributed by atoms with E-state index < -0.39 is 0 Å². The van der Waals surface area contributed by atoms with Crippen LogP contribution in [0.2, 0.25) is 0 Å². The molecule has 0 atom stereocenters. The van der Waals surface area contributed by atoms with Gasteiger partial charge in [-0.3, -0.25) is 9.59 Å². The van der Waals surface area contributed by atoms with Crippen molar-refractivity contribution in [2.45, 2.75) is 33.1 Å². The minimum Gasteiger partial charge on any atom is -0.497 e. The summed E-state index contributed by atoms with van der Waals surface area (Å²) in [4.78, 5) is 26.1. The van der Waals surface area contributed by atoms with Gasteiger partial charge in [0.05, 0.1) is 7.11 Å². The average molecular weight is 332 g/mol. The molecule has 0 saturated carbocycles. The van der Waals surface area contributed by atoms with Gasteiger partial charge in [-0.25, -0.2) is 0 Å². The van der Waals surface area contributed by atoms with Crippen molar-refractivity contribution in [1.82, 2.24) is 10.2 Å². The molecule has 0 aromatic heterocycles. The number of methoxy groups -OCH3 is 1. The van der Waals surface area contributed by atoms with E-state index in [4.69, 9.17) is 4.74 Å². The van der Waals surface area contributed by atoms with Gasteiger partial charge in [0.1, 0.15) is 5.75 Å². The van der Waals surface area contributed by atoms with Crippen molar-refractivity contribution in [2.24, 2.45) is 11.8 Å². The zero-order chi connectivity index (χ0) is 17.5. The molecule has 0 spiro atoms. The lowest BCUT2D eigenvalue weighted by atomic mass is 9.95. The normalized spacial score (nSPS) is 15.4. The Morgan fingerprint density at radius 3 is 2.62 bits per heavy atom. The van der Waals surface area contributed by atoms with Crippen LogP contribution in [0.15, 0.2) is 24.3 Å². The molecule has 0 radical (unpaired) electrons. The zero-order valence-corrected chi connectivity index (χ0v) is 14.9. The quantitative estimate of drug-likeness (QED) is 0.869. The van der Waals surface area contributed by atoms with Gasteiger partial charge < -0.3 is 15.0 Å².